The summed E-state index contributed by atoms with van der Waals surface area (Å²) in [5, 5.41) is 4.50. The quantitative estimate of drug-likeness (QED) is 0.699. The molecular weight excluding hydrogens is 345 g/mol. The predicted octanol–water partition coefficient (Wildman–Crippen LogP) is 4.55. The van der Waals surface area contributed by atoms with Crippen molar-refractivity contribution in [1.29, 1.82) is 0 Å². The van der Waals surface area contributed by atoms with E-state index in [9.17, 15) is 0 Å². The molecule has 0 saturated heterocycles. The number of halogens is 3. The highest BCUT2D eigenvalue weighted by molar-refractivity contribution is 6.35. The first kappa shape index (κ1) is 15.2. The van der Waals surface area contributed by atoms with Crippen molar-refractivity contribution in [3.05, 3.63) is 51.5 Å². The highest BCUT2D eigenvalue weighted by Gasteiger charge is 2.14. The van der Waals surface area contributed by atoms with Crippen LogP contribution in [0.25, 0.3) is 11.2 Å². The monoisotopic (exact) mass is 353 g/mol. The summed E-state index contributed by atoms with van der Waals surface area (Å²) in [4.78, 5) is 16.6. The SMILES string of the molecule is C[C@@H](Nc1nc(Cl)nc2nccnc12)c1ccc(Cl)cc1Cl. The third-order valence-corrected chi connectivity index (χ3v) is 3.82. The number of fused-ring (bicyclic) bond motifs is 1. The largest absolute Gasteiger partial charge is 0.361 e. The fourth-order valence-electron chi connectivity index (χ4n) is 2.07. The Bertz CT molecular complexity index is 840. The van der Waals surface area contributed by atoms with E-state index in [1.807, 2.05) is 13.0 Å². The van der Waals surface area contributed by atoms with Crippen LogP contribution in [0.1, 0.15) is 18.5 Å². The Balaban J connectivity index is 1.99. The van der Waals surface area contributed by atoms with Gasteiger partial charge in [-0.3, -0.25) is 0 Å². The Morgan fingerprint density at radius 1 is 1.05 bits per heavy atom. The van der Waals surface area contributed by atoms with Gasteiger partial charge in [0.25, 0.3) is 0 Å². The molecule has 0 unspecified atom stereocenters. The normalized spacial score (nSPS) is 12.4. The van der Waals surface area contributed by atoms with Crippen molar-refractivity contribution < 1.29 is 0 Å². The van der Waals surface area contributed by atoms with Crippen LogP contribution in [0.5, 0.6) is 0 Å². The van der Waals surface area contributed by atoms with Gasteiger partial charge in [-0.15, -0.1) is 0 Å². The van der Waals surface area contributed by atoms with Crippen LogP contribution in [0.3, 0.4) is 0 Å². The smallest absolute Gasteiger partial charge is 0.226 e. The van der Waals surface area contributed by atoms with E-state index < -0.39 is 0 Å². The molecule has 0 radical (unpaired) electrons. The molecule has 5 nitrogen and oxygen atoms in total. The van der Waals surface area contributed by atoms with Gasteiger partial charge in [0.1, 0.15) is 0 Å². The van der Waals surface area contributed by atoms with Gasteiger partial charge in [-0.05, 0) is 36.2 Å². The van der Waals surface area contributed by atoms with Gasteiger partial charge >= 0.3 is 0 Å². The van der Waals surface area contributed by atoms with Gasteiger partial charge in [0.2, 0.25) is 5.28 Å². The Labute approximate surface area is 141 Å². The van der Waals surface area contributed by atoms with Crippen molar-refractivity contribution in [3.63, 3.8) is 0 Å². The summed E-state index contributed by atoms with van der Waals surface area (Å²) in [6.07, 6.45) is 3.12. The van der Waals surface area contributed by atoms with Gasteiger partial charge in [0.05, 0.1) is 6.04 Å². The molecule has 0 aliphatic rings. The van der Waals surface area contributed by atoms with Crippen molar-refractivity contribution >= 4 is 51.8 Å². The summed E-state index contributed by atoms with van der Waals surface area (Å²) in [6.45, 7) is 1.95. The van der Waals surface area contributed by atoms with E-state index in [-0.39, 0.29) is 11.3 Å². The number of hydrogen-bond acceptors (Lipinski definition) is 5. The maximum atomic E-state index is 6.23. The second-order valence-electron chi connectivity index (χ2n) is 4.60. The third-order valence-electron chi connectivity index (χ3n) is 3.09. The molecule has 0 aliphatic carbocycles. The van der Waals surface area contributed by atoms with E-state index in [1.54, 1.807) is 24.5 Å². The van der Waals surface area contributed by atoms with Crippen LogP contribution in [0.2, 0.25) is 15.3 Å². The van der Waals surface area contributed by atoms with Crippen LogP contribution in [-0.4, -0.2) is 19.9 Å². The molecule has 0 saturated carbocycles. The van der Waals surface area contributed by atoms with Crippen molar-refractivity contribution in [3.8, 4) is 0 Å². The second-order valence-corrected chi connectivity index (χ2v) is 5.78. The molecule has 0 bridgehead atoms. The zero-order valence-electron chi connectivity index (χ0n) is 11.4. The van der Waals surface area contributed by atoms with E-state index in [0.717, 1.165) is 5.56 Å². The summed E-state index contributed by atoms with van der Waals surface area (Å²) < 4.78 is 0. The first-order valence-corrected chi connectivity index (χ1v) is 7.53. The molecule has 3 rings (SSSR count). The summed E-state index contributed by atoms with van der Waals surface area (Å²) in [6, 6.07) is 5.22. The lowest BCUT2D eigenvalue weighted by Gasteiger charge is -2.17. The first-order valence-electron chi connectivity index (χ1n) is 6.40. The summed E-state index contributed by atoms with van der Waals surface area (Å²) in [5.41, 5.74) is 1.86. The van der Waals surface area contributed by atoms with Crippen LogP contribution in [-0.2, 0) is 0 Å². The molecule has 8 heteroatoms. The lowest BCUT2D eigenvalue weighted by atomic mass is 10.1. The number of nitrogens with zero attached hydrogens (tertiary/aromatic N) is 4. The predicted molar refractivity (Wildman–Crippen MR) is 88.6 cm³/mol. The minimum Gasteiger partial charge on any atom is -0.361 e. The summed E-state index contributed by atoms with van der Waals surface area (Å²) >= 11 is 18.1. The van der Waals surface area contributed by atoms with Crippen molar-refractivity contribution in [2.45, 2.75) is 13.0 Å². The van der Waals surface area contributed by atoms with Crippen molar-refractivity contribution in [2.75, 3.05) is 5.32 Å². The van der Waals surface area contributed by atoms with Gasteiger partial charge in [0.15, 0.2) is 17.0 Å². The van der Waals surface area contributed by atoms with Crippen LogP contribution in [0.15, 0.2) is 30.6 Å². The van der Waals surface area contributed by atoms with Gasteiger partial charge in [-0.1, -0.05) is 29.3 Å². The van der Waals surface area contributed by atoms with Crippen LogP contribution < -0.4 is 5.32 Å². The molecule has 1 N–H and O–H groups in total. The van der Waals surface area contributed by atoms with E-state index >= 15 is 0 Å². The molecule has 3 aromatic rings. The topological polar surface area (TPSA) is 63.6 Å². The van der Waals surface area contributed by atoms with Crippen LogP contribution in [0, 0.1) is 0 Å². The molecule has 0 amide bonds. The Hall–Kier alpha value is -1.69. The molecule has 1 aromatic carbocycles. The Morgan fingerprint density at radius 2 is 1.82 bits per heavy atom. The van der Waals surface area contributed by atoms with E-state index in [4.69, 9.17) is 34.8 Å². The lowest BCUT2D eigenvalue weighted by Crippen LogP contribution is -2.10. The Morgan fingerprint density at radius 3 is 2.59 bits per heavy atom. The Kier molecular flexibility index (Phi) is 4.29. The molecule has 0 aliphatic heterocycles. The van der Waals surface area contributed by atoms with Gasteiger partial charge in [0, 0.05) is 22.4 Å². The fourth-order valence-corrected chi connectivity index (χ4v) is 2.81. The molecule has 0 spiro atoms. The molecular formula is C14H10Cl3N5. The molecule has 112 valence electrons. The van der Waals surface area contributed by atoms with E-state index in [0.29, 0.717) is 27.0 Å². The minimum absolute atomic E-state index is 0.102. The second kappa shape index (κ2) is 6.20. The van der Waals surface area contributed by atoms with Crippen LogP contribution in [0.4, 0.5) is 5.82 Å². The number of anilines is 1. The number of aromatic nitrogens is 4. The van der Waals surface area contributed by atoms with Crippen molar-refractivity contribution in [2.24, 2.45) is 0 Å². The summed E-state index contributed by atoms with van der Waals surface area (Å²) in [7, 11) is 0. The minimum atomic E-state index is -0.124. The number of rotatable bonds is 3. The highest BCUT2D eigenvalue weighted by atomic mass is 35.5. The summed E-state index contributed by atoms with van der Waals surface area (Å²) in [5.74, 6) is 0.501. The van der Waals surface area contributed by atoms with Gasteiger partial charge < -0.3 is 5.32 Å². The highest BCUT2D eigenvalue weighted by Crippen LogP contribution is 2.29. The van der Waals surface area contributed by atoms with Gasteiger partial charge in [-0.25, -0.2) is 9.97 Å². The maximum absolute atomic E-state index is 6.23. The molecule has 1 atom stereocenters. The van der Waals surface area contributed by atoms with E-state index in [2.05, 4.69) is 25.3 Å². The number of nitrogens with one attached hydrogen (secondary N) is 1. The van der Waals surface area contributed by atoms with Crippen LogP contribution >= 0.6 is 34.8 Å². The lowest BCUT2D eigenvalue weighted by molar-refractivity contribution is 0.874. The zero-order chi connectivity index (χ0) is 15.7. The maximum Gasteiger partial charge on any atom is 0.226 e. The third kappa shape index (κ3) is 3.06. The molecule has 2 heterocycles. The fraction of sp³-hybridized carbons (Fsp3) is 0.143. The average molecular weight is 355 g/mol. The van der Waals surface area contributed by atoms with E-state index in [1.165, 1.54) is 0 Å². The number of benzene rings is 1. The zero-order valence-corrected chi connectivity index (χ0v) is 13.7. The number of hydrogen-bond donors (Lipinski definition) is 1. The van der Waals surface area contributed by atoms with Gasteiger partial charge in [-0.2, -0.15) is 9.97 Å². The molecule has 0 fully saturated rings. The molecule has 2 aromatic heterocycles. The first-order chi connectivity index (χ1) is 10.5. The average Bonchev–Trinajstić information content (AvgIpc) is 2.46. The standard InChI is InChI=1S/C14H10Cl3N5/c1-7(9-3-2-8(15)6-10(9)16)20-13-11-12(19-5-4-18-11)21-14(17)22-13/h2-7H,1H3,(H,19,20,21,22)/t7-/m1/s1. The molecule has 22 heavy (non-hydrogen) atoms. The van der Waals surface area contributed by atoms with Crippen molar-refractivity contribution in [1.82, 2.24) is 19.9 Å².